The van der Waals surface area contributed by atoms with Gasteiger partial charge in [-0.1, -0.05) is 12.2 Å². The summed E-state index contributed by atoms with van der Waals surface area (Å²) in [5, 5.41) is 16.6. The predicted molar refractivity (Wildman–Crippen MR) is 52.8 cm³/mol. The fourth-order valence-electron chi connectivity index (χ4n) is 0.858. The Labute approximate surface area is 79.3 Å². The van der Waals surface area contributed by atoms with E-state index in [0.717, 1.165) is 51.4 Å². The van der Waals surface area contributed by atoms with E-state index in [4.69, 9.17) is 14.9 Å². The zero-order valence-corrected chi connectivity index (χ0v) is 7.85. The largest absolute Gasteiger partial charge is 0.516 e. The molecule has 0 unspecified atom stereocenters. The summed E-state index contributed by atoms with van der Waals surface area (Å²) < 4.78 is 5.30. The van der Waals surface area contributed by atoms with Crippen molar-refractivity contribution < 1.29 is 14.9 Å². The molecule has 0 aliphatic heterocycles. The van der Waals surface area contributed by atoms with Crippen molar-refractivity contribution in [3.8, 4) is 0 Å². The van der Waals surface area contributed by atoms with Gasteiger partial charge in [-0.15, -0.1) is 0 Å². The molecule has 0 radical (unpaired) electrons. The number of allylic oxidation sites excluding steroid dienone is 2. The van der Waals surface area contributed by atoms with Gasteiger partial charge in [0.1, 0.15) is 0 Å². The second kappa shape index (κ2) is 11.0. The van der Waals surface area contributed by atoms with Gasteiger partial charge in [-0.3, -0.25) is 0 Å². The van der Waals surface area contributed by atoms with Crippen molar-refractivity contribution in [2.24, 2.45) is 0 Å². The lowest BCUT2D eigenvalue weighted by Crippen LogP contribution is -1.95. The summed E-state index contributed by atoms with van der Waals surface area (Å²) in [7, 11) is 0. The van der Waals surface area contributed by atoms with Crippen molar-refractivity contribution in [3.63, 3.8) is 0 Å². The van der Waals surface area contributed by atoms with E-state index >= 15 is 0 Å². The molecule has 0 aliphatic rings. The van der Waals surface area contributed by atoms with Crippen LogP contribution in [0.2, 0.25) is 0 Å². The quantitative estimate of drug-likeness (QED) is 0.452. The first kappa shape index (κ1) is 12.0. The van der Waals surface area contributed by atoms with Gasteiger partial charge in [0.2, 0.25) is 0 Å². The summed E-state index contributed by atoms with van der Waals surface area (Å²) in [6.45, 7) is 1.46. The first-order valence-corrected chi connectivity index (χ1v) is 4.58. The molecule has 76 valence electrons. The maximum Gasteiger partial charge on any atom is 0.0751 e. The molecule has 0 aromatic carbocycles. The molecule has 0 spiro atoms. The van der Waals surface area contributed by atoms with Gasteiger partial charge in [0, 0.05) is 13.2 Å². The molecule has 0 atom stereocenters. The molecule has 0 fully saturated rings. The topological polar surface area (TPSA) is 49.7 Å². The molecule has 0 amide bonds. The van der Waals surface area contributed by atoms with Gasteiger partial charge in [-0.25, -0.2) is 0 Å². The van der Waals surface area contributed by atoms with Crippen molar-refractivity contribution in [2.75, 3.05) is 13.2 Å². The van der Waals surface area contributed by atoms with Crippen molar-refractivity contribution in [1.82, 2.24) is 0 Å². The van der Waals surface area contributed by atoms with Gasteiger partial charge in [0.25, 0.3) is 0 Å². The smallest absolute Gasteiger partial charge is 0.0751 e. The Bertz CT molecular complexity index is 125. The van der Waals surface area contributed by atoms with Crippen LogP contribution < -0.4 is 0 Å². The lowest BCUT2D eigenvalue weighted by atomic mass is 10.3. The molecule has 3 nitrogen and oxygen atoms in total. The minimum absolute atomic E-state index is 0.729. The van der Waals surface area contributed by atoms with E-state index in [0.29, 0.717) is 0 Å². The van der Waals surface area contributed by atoms with Crippen LogP contribution in [0.15, 0.2) is 24.7 Å². The van der Waals surface area contributed by atoms with Crippen LogP contribution >= 0.6 is 0 Å². The number of hydrogen-bond donors (Lipinski definition) is 2. The van der Waals surface area contributed by atoms with Crippen LogP contribution in [0, 0.1) is 0 Å². The summed E-state index contributed by atoms with van der Waals surface area (Å²) >= 11 is 0. The Balaban J connectivity index is 2.91. The summed E-state index contributed by atoms with van der Waals surface area (Å²) in [5.74, 6) is 0. The highest BCUT2D eigenvalue weighted by atomic mass is 16.5. The van der Waals surface area contributed by atoms with Crippen LogP contribution in [-0.2, 0) is 4.74 Å². The third-order valence-corrected chi connectivity index (χ3v) is 1.53. The van der Waals surface area contributed by atoms with Gasteiger partial charge in [0.15, 0.2) is 0 Å². The highest BCUT2D eigenvalue weighted by molar-refractivity contribution is 4.71. The average Bonchev–Trinajstić information content (AvgIpc) is 2.16. The van der Waals surface area contributed by atoms with Crippen LogP contribution in [0.25, 0.3) is 0 Å². The van der Waals surface area contributed by atoms with Gasteiger partial charge in [-0.2, -0.15) is 0 Å². The Morgan fingerprint density at radius 1 is 0.846 bits per heavy atom. The van der Waals surface area contributed by atoms with Gasteiger partial charge < -0.3 is 14.9 Å². The Hall–Kier alpha value is -0.960. The van der Waals surface area contributed by atoms with Crippen LogP contribution in [-0.4, -0.2) is 23.4 Å². The van der Waals surface area contributed by atoms with Gasteiger partial charge in [0.05, 0.1) is 12.5 Å². The standard InChI is InChI=1S/C10H18O3/c11-7-3-1-5-9-13-10-6-2-4-8-12/h3-4,7-8,11-12H,1-2,5-6,9-10H2. The van der Waals surface area contributed by atoms with E-state index in [1.807, 2.05) is 0 Å². The van der Waals surface area contributed by atoms with Crippen LogP contribution in [0.1, 0.15) is 25.7 Å². The monoisotopic (exact) mass is 186 g/mol. The molecular formula is C10H18O3. The zero-order valence-electron chi connectivity index (χ0n) is 7.85. The third-order valence-electron chi connectivity index (χ3n) is 1.53. The van der Waals surface area contributed by atoms with Crippen molar-refractivity contribution in [2.45, 2.75) is 25.7 Å². The molecule has 0 aromatic rings. The highest BCUT2D eigenvalue weighted by Gasteiger charge is 1.87. The average molecular weight is 186 g/mol. The lowest BCUT2D eigenvalue weighted by molar-refractivity contribution is 0.130. The third kappa shape index (κ3) is 11.0. The minimum Gasteiger partial charge on any atom is -0.516 e. The summed E-state index contributed by atoms with van der Waals surface area (Å²) in [4.78, 5) is 0. The Morgan fingerprint density at radius 3 is 1.69 bits per heavy atom. The van der Waals surface area contributed by atoms with Gasteiger partial charge >= 0.3 is 0 Å². The van der Waals surface area contributed by atoms with Crippen LogP contribution in [0.5, 0.6) is 0 Å². The van der Waals surface area contributed by atoms with Crippen molar-refractivity contribution in [1.29, 1.82) is 0 Å². The number of aliphatic hydroxyl groups is 2. The van der Waals surface area contributed by atoms with E-state index < -0.39 is 0 Å². The van der Waals surface area contributed by atoms with E-state index in [2.05, 4.69) is 0 Å². The Kier molecular flexibility index (Phi) is 10.2. The lowest BCUT2D eigenvalue weighted by Gasteiger charge is -2.00. The fourth-order valence-corrected chi connectivity index (χ4v) is 0.858. The minimum atomic E-state index is 0.729. The molecule has 0 aliphatic carbocycles. The fraction of sp³-hybridized carbons (Fsp3) is 0.600. The Morgan fingerprint density at radius 2 is 1.31 bits per heavy atom. The van der Waals surface area contributed by atoms with Crippen LogP contribution in [0.4, 0.5) is 0 Å². The first-order valence-electron chi connectivity index (χ1n) is 4.58. The van der Waals surface area contributed by atoms with Gasteiger partial charge in [-0.05, 0) is 25.7 Å². The molecule has 0 aromatic heterocycles. The molecular weight excluding hydrogens is 168 g/mol. The normalized spacial score (nSPS) is 11.7. The maximum absolute atomic E-state index is 8.31. The SMILES string of the molecule is OC=CCCCOCCCC=CO. The number of aliphatic hydroxyl groups excluding tert-OH is 2. The molecule has 0 heterocycles. The number of unbranched alkanes of at least 4 members (excludes halogenated alkanes) is 2. The van der Waals surface area contributed by atoms with E-state index in [-0.39, 0.29) is 0 Å². The van der Waals surface area contributed by atoms with Crippen molar-refractivity contribution in [3.05, 3.63) is 24.7 Å². The first-order chi connectivity index (χ1) is 6.41. The second-order valence-corrected chi connectivity index (χ2v) is 2.67. The zero-order chi connectivity index (χ0) is 9.78. The number of rotatable bonds is 8. The maximum atomic E-state index is 8.31. The molecule has 2 N–H and O–H groups in total. The predicted octanol–water partition coefficient (Wildman–Crippen LogP) is 2.71. The molecule has 3 heteroatoms. The molecule has 0 bridgehead atoms. The number of hydrogen-bond acceptors (Lipinski definition) is 3. The van der Waals surface area contributed by atoms with Crippen molar-refractivity contribution >= 4 is 0 Å². The van der Waals surface area contributed by atoms with E-state index in [1.54, 1.807) is 12.2 Å². The summed E-state index contributed by atoms with van der Waals surface area (Å²) in [6, 6.07) is 0. The molecule has 0 rings (SSSR count). The summed E-state index contributed by atoms with van der Waals surface area (Å²) in [5.41, 5.74) is 0. The van der Waals surface area contributed by atoms with E-state index in [1.165, 1.54) is 0 Å². The molecule has 0 saturated carbocycles. The number of ether oxygens (including phenoxy) is 1. The van der Waals surface area contributed by atoms with E-state index in [9.17, 15) is 0 Å². The molecule has 0 saturated heterocycles. The summed E-state index contributed by atoms with van der Waals surface area (Å²) in [6.07, 6.45) is 9.12. The second-order valence-electron chi connectivity index (χ2n) is 2.67. The molecule has 13 heavy (non-hydrogen) atoms. The van der Waals surface area contributed by atoms with Crippen LogP contribution in [0.3, 0.4) is 0 Å². The highest BCUT2D eigenvalue weighted by Crippen LogP contribution is 1.95.